The van der Waals surface area contributed by atoms with Crippen molar-refractivity contribution < 1.29 is 4.79 Å². The lowest BCUT2D eigenvalue weighted by atomic mass is 10.1. The molecule has 1 aliphatic rings. The highest BCUT2D eigenvalue weighted by Gasteiger charge is 2.29. The van der Waals surface area contributed by atoms with Crippen molar-refractivity contribution in [1.29, 1.82) is 0 Å². The lowest BCUT2D eigenvalue weighted by Gasteiger charge is -2.16. The maximum Gasteiger partial charge on any atom is 0.259 e. The van der Waals surface area contributed by atoms with E-state index in [4.69, 9.17) is 5.73 Å². The van der Waals surface area contributed by atoms with Crippen LogP contribution in [0.15, 0.2) is 42.5 Å². The molecular weight excluding hydrogens is 236 g/mol. The van der Waals surface area contributed by atoms with E-state index in [0.717, 1.165) is 23.2 Å². The van der Waals surface area contributed by atoms with Gasteiger partial charge in [-0.2, -0.15) is 0 Å². The van der Waals surface area contributed by atoms with Gasteiger partial charge in [-0.25, -0.2) is 0 Å². The normalized spacial score (nSPS) is 13.7. The fraction of sp³-hybridized carbons (Fsp3) is 0.188. The van der Waals surface area contributed by atoms with Crippen molar-refractivity contribution in [1.82, 2.24) is 0 Å². The highest BCUT2D eigenvalue weighted by atomic mass is 16.2. The molecule has 0 spiro atoms. The summed E-state index contributed by atoms with van der Waals surface area (Å²) < 4.78 is 0. The lowest BCUT2D eigenvalue weighted by molar-refractivity contribution is 0.0996. The van der Waals surface area contributed by atoms with Crippen LogP contribution in [-0.4, -0.2) is 5.91 Å². The van der Waals surface area contributed by atoms with E-state index in [0.29, 0.717) is 12.2 Å². The molecule has 0 aromatic heterocycles. The van der Waals surface area contributed by atoms with E-state index >= 15 is 0 Å². The number of nitrogen functional groups attached to an aromatic ring is 1. The highest BCUT2D eigenvalue weighted by molar-refractivity contribution is 6.11. The number of hydrogen-bond donors (Lipinski definition) is 1. The Morgan fingerprint density at radius 2 is 1.89 bits per heavy atom. The zero-order chi connectivity index (χ0) is 13.4. The van der Waals surface area contributed by atoms with E-state index in [-0.39, 0.29) is 5.91 Å². The summed E-state index contributed by atoms with van der Waals surface area (Å²) in [5.74, 6) is 0.0338. The van der Waals surface area contributed by atoms with Crippen molar-refractivity contribution in [2.45, 2.75) is 19.9 Å². The molecule has 1 heterocycles. The third-order valence-electron chi connectivity index (χ3n) is 3.66. The summed E-state index contributed by atoms with van der Waals surface area (Å²) >= 11 is 0. The van der Waals surface area contributed by atoms with Crippen LogP contribution >= 0.6 is 0 Å². The van der Waals surface area contributed by atoms with Crippen LogP contribution in [0, 0.1) is 0 Å². The first-order chi connectivity index (χ1) is 9.20. The summed E-state index contributed by atoms with van der Waals surface area (Å²) in [5.41, 5.74) is 10.5. The average Bonchev–Trinajstić information content (AvgIpc) is 2.78. The Kier molecular flexibility index (Phi) is 2.75. The highest BCUT2D eigenvalue weighted by Crippen LogP contribution is 2.31. The zero-order valence-electron chi connectivity index (χ0n) is 10.9. The molecule has 3 rings (SSSR count). The van der Waals surface area contributed by atoms with Gasteiger partial charge >= 0.3 is 0 Å². The fourth-order valence-electron chi connectivity index (χ4n) is 2.48. The minimum atomic E-state index is 0.0338. The van der Waals surface area contributed by atoms with E-state index in [2.05, 4.69) is 19.1 Å². The standard InChI is InChI=1S/C16H16N2O/c1-2-11-6-8-12(9-7-11)18-10-14-13(16(18)19)4-3-5-15(14)17/h3-9H,2,10,17H2,1H3. The number of benzene rings is 2. The van der Waals surface area contributed by atoms with Gasteiger partial charge in [0, 0.05) is 22.5 Å². The first kappa shape index (κ1) is 11.8. The predicted octanol–water partition coefficient (Wildman–Crippen LogP) is 2.99. The minimum Gasteiger partial charge on any atom is -0.398 e. The molecule has 3 heteroatoms. The molecule has 0 atom stereocenters. The number of rotatable bonds is 2. The number of carbonyl (C=O) groups is 1. The number of nitrogens with two attached hydrogens (primary N) is 1. The smallest absolute Gasteiger partial charge is 0.259 e. The molecule has 0 bridgehead atoms. The number of anilines is 2. The van der Waals surface area contributed by atoms with Gasteiger partial charge in [0.1, 0.15) is 0 Å². The molecule has 19 heavy (non-hydrogen) atoms. The second-order valence-electron chi connectivity index (χ2n) is 4.78. The van der Waals surface area contributed by atoms with E-state index in [1.54, 1.807) is 4.90 Å². The number of fused-ring (bicyclic) bond motifs is 1. The number of nitrogens with zero attached hydrogens (tertiary/aromatic N) is 1. The summed E-state index contributed by atoms with van der Waals surface area (Å²) in [6.45, 7) is 2.68. The maximum absolute atomic E-state index is 12.4. The second-order valence-corrected chi connectivity index (χ2v) is 4.78. The molecule has 3 nitrogen and oxygen atoms in total. The predicted molar refractivity (Wildman–Crippen MR) is 77.2 cm³/mol. The largest absolute Gasteiger partial charge is 0.398 e. The van der Waals surface area contributed by atoms with Gasteiger partial charge in [-0.15, -0.1) is 0 Å². The van der Waals surface area contributed by atoms with Gasteiger partial charge in [0.25, 0.3) is 5.91 Å². The lowest BCUT2D eigenvalue weighted by Crippen LogP contribution is -2.22. The Morgan fingerprint density at radius 1 is 1.16 bits per heavy atom. The summed E-state index contributed by atoms with van der Waals surface area (Å²) in [6.07, 6.45) is 1.00. The van der Waals surface area contributed by atoms with Gasteiger partial charge < -0.3 is 10.6 Å². The molecule has 0 saturated heterocycles. The molecule has 96 valence electrons. The van der Waals surface area contributed by atoms with E-state index in [9.17, 15) is 4.79 Å². The van der Waals surface area contributed by atoms with Crippen LogP contribution in [0.2, 0.25) is 0 Å². The third-order valence-corrected chi connectivity index (χ3v) is 3.66. The van der Waals surface area contributed by atoms with Gasteiger partial charge in [0.05, 0.1) is 6.54 Å². The minimum absolute atomic E-state index is 0.0338. The van der Waals surface area contributed by atoms with Crippen LogP contribution in [0.25, 0.3) is 0 Å². The third kappa shape index (κ3) is 1.87. The van der Waals surface area contributed by atoms with Crippen molar-refractivity contribution in [3.63, 3.8) is 0 Å². The van der Waals surface area contributed by atoms with Crippen molar-refractivity contribution >= 4 is 17.3 Å². The summed E-state index contributed by atoms with van der Waals surface area (Å²) in [5, 5.41) is 0. The van der Waals surface area contributed by atoms with Gasteiger partial charge in [-0.3, -0.25) is 4.79 Å². The zero-order valence-corrected chi connectivity index (χ0v) is 10.9. The van der Waals surface area contributed by atoms with Gasteiger partial charge in [0.15, 0.2) is 0 Å². The summed E-state index contributed by atoms with van der Waals surface area (Å²) in [7, 11) is 0. The number of aryl methyl sites for hydroxylation is 1. The molecular formula is C16H16N2O. The van der Waals surface area contributed by atoms with Crippen LogP contribution in [0.3, 0.4) is 0 Å². The number of hydrogen-bond acceptors (Lipinski definition) is 2. The van der Waals surface area contributed by atoms with Crippen molar-refractivity contribution in [3.8, 4) is 0 Å². The second kappa shape index (κ2) is 4.43. The topological polar surface area (TPSA) is 46.3 Å². The van der Waals surface area contributed by atoms with Crippen LogP contribution in [0.4, 0.5) is 11.4 Å². The first-order valence-corrected chi connectivity index (χ1v) is 6.49. The summed E-state index contributed by atoms with van der Waals surface area (Å²) in [6, 6.07) is 13.6. The van der Waals surface area contributed by atoms with Crippen molar-refractivity contribution in [2.24, 2.45) is 0 Å². The molecule has 2 aromatic carbocycles. The van der Waals surface area contributed by atoms with Gasteiger partial charge in [-0.1, -0.05) is 25.1 Å². The molecule has 0 saturated carbocycles. The molecule has 0 unspecified atom stereocenters. The van der Waals surface area contributed by atoms with Crippen molar-refractivity contribution in [3.05, 3.63) is 59.2 Å². The molecule has 0 radical (unpaired) electrons. The quantitative estimate of drug-likeness (QED) is 0.835. The molecule has 1 amide bonds. The molecule has 0 fully saturated rings. The Hall–Kier alpha value is -2.29. The summed E-state index contributed by atoms with van der Waals surface area (Å²) in [4.78, 5) is 14.2. The SMILES string of the molecule is CCc1ccc(N2Cc3c(N)cccc3C2=O)cc1. The van der Waals surface area contributed by atoms with Crippen LogP contribution < -0.4 is 10.6 Å². The molecule has 2 aromatic rings. The van der Waals surface area contributed by atoms with Crippen LogP contribution in [-0.2, 0) is 13.0 Å². The van der Waals surface area contributed by atoms with Gasteiger partial charge in [-0.05, 0) is 36.2 Å². The number of amides is 1. The van der Waals surface area contributed by atoms with Crippen molar-refractivity contribution in [2.75, 3.05) is 10.6 Å². The Morgan fingerprint density at radius 3 is 2.53 bits per heavy atom. The Balaban J connectivity index is 1.96. The van der Waals surface area contributed by atoms with Crippen LogP contribution in [0.5, 0.6) is 0 Å². The van der Waals surface area contributed by atoms with Gasteiger partial charge in [0.2, 0.25) is 0 Å². The molecule has 1 aliphatic heterocycles. The molecule has 0 aliphatic carbocycles. The maximum atomic E-state index is 12.4. The van der Waals surface area contributed by atoms with E-state index in [1.165, 1.54) is 5.56 Å². The van der Waals surface area contributed by atoms with Crippen LogP contribution in [0.1, 0.15) is 28.4 Å². The average molecular weight is 252 g/mol. The first-order valence-electron chi connectivity index (χ1n) is 6.49. The Bertz CT molecular complexity index is 632. The Labute approximate surface area is 112 Å². The van der Waals surface area contributed by atoms with E-state index in [1.807, 2.05) is 30.3 Å². The molecule has 2 N–H and O–H groups in total. The monoisotopic (exact) mass is 252 g/mol. The van der Waals surface area contributed by atoms with E-state index < -0.39 is 0 Å². The fourth-order valence-corrected chi connectivity index (χ4v) is 2.48. The number of carbonyl (C=O) groups excluding carboxylic acids is 1.